The van der Waals surface area contributed by atoms with Gasteiger partial charge in [-0.15, -0.1) is 0 Å². The molecule has 0 bridgehead atoms. The van der Waals surface area contributed by atoms with Crippen molar-refractivity contribution in [3.8, 4) is 11.5 Å². The largest absolute Gasteiger partial charge is 0.489 e. The van der Waals surface area contributed by atoms with Crippen molar-refractivity contribution in [2.75, 3.05) is 6.61 Å². The van der Waals surface area contributed by atoms with Gasteiger partial charge in [-0.05, 0) is 43.4 Å². The minimum absolute atomic E-state index is 0.0532. The highest BCUT2D eigenvalue weighted by molar-refractivity contribution is 5.49. The maximum absolute atomic E-state index is 10.9. The van der Waals surface area contributed by atoms with Crippen molar-refractivity contribution < 1.29 is 24.8 Å². The number of hydrogen-bond donors (Lipinski definition) is 3. The Morgan fingerprint density at radius 3 is 2.68 bits per heavy atom. The van der Waals surface area contributed by atoms with Crippen molar-refractivity contribution in [3.63, 3.8) is 0 Å². The van der Waals surface area contributed by atoms with Crippen LogP contribution in [0.2, 0.25) is 0 Å². The first-order chi connectivity index (χ1) is 15.1. The lowest BCUT2D eigenvalue weighted by Crippen LogP contribution is -2.33. The summed E-state index contributed by atoms with van der Waals surface area (Å²) in [6, 6.07) is 15.8. The van der Waals surface area contributed by atoms with E-state index in [0.717, 1.165) is 41.9 Å². The second-order valence-electron chi connectivity index (χ2n) is 9.03. The lowest BCUT2D eigenvalue weighted by molar-refractivity contribution is 0.0467. The van der Waals surface area contributed by atoms with Gasteiger partial charge in [-0.25, -0.2) is 0 Å². The Balaban J connectivity index is 1.33. The summed E-state index contributed by atoms with van der Waals surface area (Å²) in [5, 5.41) is 30.8. The number of aryl methyl sites for hydroxylation is 1. The maximum Gasteiger partial charge on any atom is 0.139 e. The third-order valence-electron chi connectivity index (χ3n) is 6.95. The molecule has 2 aliphatic carbocycles. The molecule has 2 aromatic rings. The summed E-state index contributed by atoms with van der Waals surface area (Å²) in [5.41, 5.74) is 1.68. The van der Waals surface area contributed by atoms with E-state index in [1.54, 1.807) is 6.08 Å². The van der Waals surface area contributed by atoms with Gasteiger partial charge in [0.05, 0.1) is 6.10 Å². The molecule has 1 heterocycles. The first kappa shape index (κ1) is 20.6. The van der Waals surface area contributed by atoms with Crippen LogP contribution in [-0.4, -0.2) is 45.8 Å². The lowest BCUT2D eigenvalue weighted by atomic mass is 9.86. The Kier molecular flexibility index (Phi) is 5.51. The molecule has 3 aliphatic rings. The summed E-state index contributed by atoms with van der Waals surface area (Å²) in [7, 11) is 0. The number of rotatable bonds is 8. The van der Waals surface area contributed by atoms with Crippen molar-refractivity contribution in [2.45, 2.75) is 61.9 Å². The van der Waals surface area contributed by atoms with E-state index in [4.69, 9.17) is 9.47 Å². The zero-order valence-corrected chi connectivity index (χ0v) is 17.6. The molecule has 0 radical (unpaired) electrons. The molecule has 5 rings (SSSR count). The quantitative estimate of drug-likeness (QED) is 0.569. The predicted octanol–water partition coefficient (Wildman–Crippen LogP) is 3.37. The molecule has 2 fully saturated rings. The van der Waals surface area contributed by atoms with Crippen LogP contribution >= 0.6 is 0 Å². The van der Waals surface area contributed by atoms with Crippen molar-refractivity contribution >= 4 is 0 Å². The minimum Gasteiger partial charge on any atom is -0.489 e. The topological polar surface area (TPSA) is 79.2 Å². The van der Waals surface area contributed by atoms with Gasteiger partial charge in [0, 0.05) is 30.4 Å². The normalized spacial score (nSPS) is 28.7. The van der Waals surface area contributed by atoms with Crippen LogP contribution in [0.5, 0.6) is 11.5 Å². The van der Waals surface area contributed by atoms with Gasteiger partial charge in [0.2, 0.25) is 0 Å². The minimum atomic E-state index is -0.725. The molecule has 5 atom stereocenters. The fourth-order valence-electron chi connectivity index (χ4n) is 5.15. The summed E-state index contributed by atoms with van der Waals surface area (Å²) in [6.07, 6.45) is 6.18. The highest BCUT2D eigenvalue weighted by atomic mass is 16.5. The van der Waals surface area contributed by atoms with Gasteiger partial charge in [-0.1, -0.05) is 48.6 Å². The van der Waals surface area contributed by atoms with Crippen molar-refractivity contribution in [3.05, 3.63) is 71.8 Å². The summed E-state index contributed by atoms with van der Waals surface area (Å²) < 4.78 is 12.4. The van der Waals surface area contributed by atoms with Crippen LogP contribution in [-0.2, 0) is 6.42 Å². The fourth-order valence-corrected chi connectivity index (χ4v) is 5.15. The maximum atomic E-state index is 10.9. The number of ether oxygens (including phenoxy) is 2. The third kappa shape index (κ3) is 3.86. The van der Waals surface area contributed by atoms with Gasteiger partial charge >= 0.3 is 0 Å². The molecule has 3 N–H and O–H groups in total. The van der Waals surface area contributed by atoms with E-state index in [0.29, 0.717) is 12.8 Å². The molecule has 1 aliphatic heterocycles. The highest BCUT2D eigenvalue weighted by Crippen LogP contribution is 2.52. The monoisotopic (exact) mass is 422 g/mol. The van der Waals surface area contributed by atoms with Crippen LogP contribution in [0.1, 0.15) is 42.7 Å². The van der Waals surface area contributed by atoms with Gasteiger partial charge < -0.3 is 24.8 Å². The number of aliphatic hydroxyl groups is 3. The molecule has 2 saturated carbocycles. The standard InChI is InChI=1S/C26H30O5/c27-15-5-7-17-6-4-10-20-24-19(21(28)16-22(24)30-25(17)20)11-12-23(29)26(13-14-26)31-18-8-2-1-3-9-18/h1-4,6,8-12,19,21-24,27-29H,5,7,13-16H2/b12-11+. The van der Waals surface area contributed by atoms with E-state index in [2.05, 4.69) is 12.1 Å². The van der Waals surface area contributed by atoms with Crippen LogP contribution in [0.4, 0.5) is 0 Å². The molecule has 5 unspecified atom stereocenters. The van der Waals surface area contributed by atoms with E-state index in [1.807, 2.05) is 42.5 Å². The summed E-state index contributed by atoms with van der Waals surface area (Å²) in [5.74, 6) is 1.65. The number of para-hydroxylation sites is 2. The van der Waals surface area contributed by atoms with E-state index in [9.17, 15) is 15.3 Å². The van der Waals surface area contributed by atoms with Crippen LogP contribution < -0.4 is 9.47 Å². The number of aliphatic hydroxyl groups excluding tert-OH is 3. The SMILES string of the molecule is OCCCc1cccc2c1OC1CC(O)C(/C=C/C(O)C3(Oc4ccccc4)CC3)C21. The molecule has 0 spiro atoms. The zero-order valence-electron chi connectivity index (χ0n) is 17.6. The average Bonchev–Trinajstić information content (AvgIpc) is 3.37. The molecule has 0 saturated heterocycles. The van der Waals surface area contributed by atoms with Crippen LogP contribution in [0.3, 0.4) is 0 Å². The molecular weight excluding hydrogens is 392 g/mol. The molecule has 31 heavy (non-hydrogen) atoms. The van der Waals surface area contributed by atoms with Gasteiger partial charge in [0.1, 0.15) is 29.3 Å². The Labute approximate surface area is 183 Å². The summed E-state index contributed by atoms with van der Waals surface area (Å²) in [6.45, 7) is 0.158. The molecule has 0 amide bonds. The van der Waals surface area contributed by atoms with Crippen LogP contribution in [0, 0.1) is 5.92 Å². The summed E-state index contributed by atoms with van der Waals surface area (Å²) in [4.78, 5) is 0. The van der Waals surface area contributed by atoms with E-state index >= 15 is 0 Å². The fraction of sp³-hybridized carbons (Fsp3) is 0.462. The first-order valence-electron chi connectivity index (χ1n) is 11.3. The van der Waals surface area contributed by atoms with Crippen LogP contribution in [0.15, 0.2) is 60.7 Å². The first-order valence-corrected chi connectivity index (χ1v) is 11.3. The van der Waals surface area contributed by atoms with Crippen molar-refractivity contribution in [1.29, 1.82) is 0 Å². The smallest absolute Gasteiger partial charge is 0.139 e. The number of hydrogen-bond acceptors (Lipinski definition) is 5. The Bertz CT molecular complexity index is 936. The van der Waals surface area contributed by atoms with Gasteiger partial charge in [0.25, 0.3) is 0 Å². The molecule has 2 aromatic carbocycles. The molecule has 0 aromatic heterocycles. The number of benzene rings is 2. The van der Waals surface area contributed by atoms with Gasteiger partial charge in [-0.2, -0.15) is 0 Å². The third-order valence-corrected chi connectivity index (χ3v) is 6.95. The molecule has 5 nitrogen and oxygen atoms in total. The molecular formula is C26H30O5. The zero-order chi connectivity index (χ0) is 21.4. The average molecular weight is 423 g/mol. The predicted molar refractivity (Wildman–Crippen MR) is 117 cm³/mol. The van der Waals surface area contributed by atoms with Crippen molar-refractivity contribution in [1.82, 2.24) is 0 Å². The Morgan fingerprint density at radius 1 is 1.13 bits per heavy atom. The summed E-state index contributed by atoms with van der Waals surface area (Å²) >= 11 is 0. The van der Waals surface area contributed by atoms with E-state index in [-0.39, 0.29) is 24.5 Å². The van der Waals surface area contributed by atoms with Crippen molar-refractivity contribution in [2.24, 2.45) is 5.92 Å². The highest BCUT2D eigenvalue weighted by Gasteiger charge is 2.52. The van der Waals surface area contributed by atoms with E-state index in [1.165, 1.54) is 0 Å². The lowest BCUT2D eigenvalue weighted by Gasteiger charge is -2.23. The van der Waals surface area contributed by atoms with Gasteiger partial charge in [0.15, 0.2) is 0 Å². The Morgan fingerprint density at radius 2 is 1.94 bits per heavy atom. The Hall–Kier alpha value is -2.34. The van der Waals surface area contributed by atoms with Gasteiger partial charge in [-0.3, -0.25) is 0 Å². The second kappa shape index (κ2) is 8.30. The van der Waals surface area contributed by atoms with E-state index < -0.39 is 17.8 Å². The number of fused-ring (bicyclic) bond motifs is 3. The molecule has 164 valence electrons. The van der Waals surface area contributed by atoms with Crippen LogP contribution in [0.25, 0.3) is 0 Å². The second-order valence-corrected chi connectivity index (χ2v) is 9.03. The molecule has 5 heteroatoms.